The van der Waals surface area contributed by atoms with E-state index < -0.39 is 0 Å². The lowest BCUT2D eigenvalue weighted by Crippen LogP contribution is -2.41. The van der Waals surface area contributed by atoms with Crippen LogP contribution < -0.4 is 19.7 Å². The van der Waals surface area contributed by atoms with Crippen molar-refractivity contribution < 1.29 is 14.3 Å². The first-order valence-corrected chi connectivity index (χ1v) is 10.5. The van der Waals surface area contributed by atoms with Gasteiger partial charge in [-0.1, -0.05) is 36.4 Å². The number of amides is 1. The molecule has 0 radical (unpaired) electrons. The maximum absolute atomic E-state index is 12.6. The largest absolute Gasteiger partial charge is 0.454 e. The SMILES string of the molecule is O=C(NCc1ccc2c(c1)OCO2)C1CCN(c2ncc(-c3ccccc3)cn2)CC1. The smallest absolute Gasteiger partial charge is 0.231 e. The molecule has 0 atom stereocenters. The van der Waals surface area contributed by atoms with E-state index in [1.54, 1.807) is 0 Å². The maximum atomic E-state index is 12.6. The second-order valence-electron chi connectivity index (χ2n) is 7.80. The fourth-order valence-electron chi connectivity index (χ4n) is 3.99. The summed E-state index contributed by atoms with van der Waals surface area (Å²) >= 11 is 0. The van der Waals surface area contributed by atoms with Crippen LogP contribution in [0.5, 0.6) is 11.5 Å². The van der Waals surface area contributed by atoms with E-state index in [1.807, 2.05) is 60.9 Å². The molecule has 1 fully saturated rings. The summed E-state index contributed by atoms with van der Waals surface area (Å²) in [6.07, 6.45) is 5.30. The van der Waals surface area contributed by atoms with Crippen LogP contribution in [0.25, 0.3) is 11.1 Å². The van der Waals surface area contributed by atoms with Gasteiger partial charge in [0.05, 0.1) is 0 Å². The van der Waals surface area contributed by atoms with Gasteiger partial charge in [0.15, 0.2) is 11.5 Å². The topological polar surface area (TPSA) is 76.6 Å². The number of nitrogens with zero attached hydrogens (tertiary/aromatic N) is 3. The zero-order valence-electron chi connectivity index (χ0n) is 17.2. The number of hydrogen-bond acceptors (Lipinski definition) is 6. The molecule has 158 valence electrons. The molecule has 3 aromatic rings. The summed E-state index contributed by atoms with van der Waals surface area (Å²) < 4.78 is 10.7. The van der Waals surface area contributed by atoms with E-state index in [4.69, 9.17) is 9.47 Å². The molecule has 3 heterocycles. The molecular weight excluding hydrogens is 392 g/mol. The molecule has 1 saturated heterocycles. The Morgan fingerprint density at radius 3 is 2.48 bits per heavy atom. The first-order valence-electron chi connectivity index (χ1n) is 10.5. The molecule has 1 aromatic heterocycles. The zero-order chi connectivity index (χ0) is 21.0. The Balaban J connectivity index is 1.13. The molecule has 0 spiro atoms. The summed E-state index contributed by atoms with van der Waals surface area (Å²) in [5.74, 6) is 2.31. The van der Waals surface area contributed by atoms with Gasteiger partial charge in [0.1, 0.15) is 0 Å². The fourth-order valence-corrected chi connectivity index (χ4v) is 3.99. The van der Waals surface area contributed by atoms with E-state index in [9.17, 15) is 4.79 Å². The number of rotatable bonds is 5. The van der Waals surface area contributed by atoms with Crippen LogP contribution in [0, 0.1) is 5.92 Å². The Kier molecular flexibility index (Phi) is 5.39. The fraction of sp³-hybridized carbons (Fsp3) is 0.292. The van der Waals surface area contributed by atoms with Gasteiger partial charge in [-0.25, -0.2) is 9.97 Å². The van der Waals surface area contributed by atoms with Crippen molar-refractivity contribution in [2.45, 2.75) is 19.4 Å². The minimum absolute atomic E-state index is 0.00820. The summed E-state index contributed by atoms with van der Waals surface area (Å²) in [6.45, 7) is 2.28. The van der Waals surface area contributed by atoms with Crippen molar-refractivity contribution in [2.75, 3.05) is 24.8 Å². The Bertz CT molecular complexity index is 1050. The molecular formula is C24H24N4O3. The number of carbonyl (C=O) groups is 1. The van der Waals surface area contributed by atoms with Gasteiger partial charge in [-0.05, 0) is 36.1 Å². The molecule has 2 aliphatic rings. The number of aromatic nitrogens is 2. The van der Waals surface area contributed by atoms with Gasteiger partial charge >= 0.3 is 0 Å². The third-order valence-electron chi connectivity index (χ3n) is 5.80. The summed E-state index contributed by atoms with van der Waals surface area (Å²) in [6, 6.07) is 15.9. The second-order valence-corrected chi connectivity index (χ2v) is 7.80. The van der Waals surface area contributed by atoms with Gasteiger partial charge < -0.3 is 19.7 Å². The molecule has 1 N–H and O–H groups in total. The van der Waals surface area contributed by atoms with E-state index in [0.29, 0.717) is 6.54 Å². The van der Waals surface area contributed by atoms with Crippen molar-refractivity contribution in [1.82, 2.24) is 15.3 Å². The summed E-state index contributed by atoms with van der Waals surface area (Å²) in [4.78, 5) is 23.9. The average Bonchev–Trinajstić information content (AvgIpc) is 3.31. The molecule has 0 bridgehead atoms. The van der Waals surface area contributed by atoms with Crippen molar-refractivity contribution in [3.63, 3.8) is 0 Å². The normalized spacial score (nSPS) is 15.7. The molecule has 2 aliphatic heterocycles. The Hall–Kier alpha value is -3.61. The first-order chi connectivity index (χ1) is 15.3. The molecule has 7 nitrogen and oxygen atoms in total. The number of piperidine rings is 1. The summed E-state index contributed by atoms with van der Waals surface area (Å²) in [5, 5.41) is 3.06. The van der Waals surface area contributed by atoms with Crippen molar-refractivity contribution in [1.29, 1.82) is 0 Å². The Morgan fingerprint density at radius 1 is 0.968 bits per heavy atom. The van der Waals surface area contributed by atoms with Crippen molar-refractivity contribution >= 4 is 11.9 Å². The van der Waals surface area contributed by atoms with Gasteiger partial charge in [0, 0.05) is 43.5 Å². The third-order valence-corrected chi connectivity index (χ3v) is 5.80. The van der Waals surface area contributed by atoms with Crippen LogP contribution in [-0.2, 0) is 11.3 Å². The van der Waals surface area contributed by atoms with Crippen LogP contribution in [0.15, 0.2) is 60.9 Å². The predicted octanol–water partition coefficient (Wildman–Crippen LogP) is 3.41. The number of hydrogen-bond donors (Lipinski definition) is 1. The molecule has 7 heteroatoms. The van der Waals surface area contributed by atoms with Gasteiger partial charge in [0.25, 0.3) is 0 Å². The molecule has 0 saturated carbocycles. The Labute approximate surface area is 181 Å². The van der Waals surface area contributed by atoms with Crippen LogP contribution in [0.1, 0.15) is 18.4 Å². The van der Waals surface area contributed by atoms with Crippen LogP contribution >= 0.6 is 0 Å². The lowest BCUT2D eigenvalue weighted by atomic mass is 9.96. The molecule has 2 aromatic carbocycles. The highest BCUT2D eigenvalue weighted by atomic mass is 16.7. The first kappa shape index (κ1) is 19.4. The number of benzene rings is 2. The van der Waals surface area contributed by atoms with E-state index >= 15 is 0 Å². The standard InChI is InChI=1S/C24H24N4O3/c29-23(25-13-17-6-7-21-22(12-17)31-16-30-21)19-8-10-28(11-9-19)24-26-14-20(15-27-24)18-4-2-1-3-5-18/h1-7,12,14-15,19H,8-11,13,16H2,(H,25,29). The number of fused-ring (bicyclic) bond motifs is 1. The van der Waals surface area contributed by atoms with Crippen LogP contribution in [0.3, 0.4) is 0 Å². The quantitative estimate of drug-likeness (QED) is 0.687. The van der Waals surface area contributed by atoms with Gasteiger partial charge in [0.2, 0.25) is 18.6 Å². The van der Waals surface area contributed by atoms with Gasteiger partial charge in [-0.15, -0.1) is 0 Å². The second kappa shape index (κ2) is 8.63. The minimum Gasteiger partial charge on any atom is -0.454 e. The minimum atomic E-state index is 0.00820. The molecule has 0 unspecified atom stereocenters. The summed E-state index contributed by atoms with van der Waals surface area (Å²) in [5.41, 5.74) is 3.11. The van der Waals surface area contributed by atoms with Crippen molar-refractivity contribution in [3.8, 4) is 22.6 Å². The predicted molar refractivity (Wildman–Crippen MR) is 117 cm³/mol. The number of ether oxygens (including phenoxy) is 2. The lowest BCUT2D eigenvalue weighted by Gasteiger charge is -2.31. The number of carbonyl (C=O) groups excluding carboxylic acids is 1. The molecule has 31 heavy (non-hydrogen) atoms. The number of nitrogens with one attached hydrogen (secondary N) is 1. The molecule has 1 amide bonds. The highest BCUT2D eigenvalue weighted by Gasteiger charge is 2.26. The third kappa shape index (κ3) is 4.30. The van der Waals surface area contributed by atoms with E-state index in [-0.39, 0.29) is 18.6 Å². The number of anilines is 1. The highest BCUT2D eigenvalue weighted by Crippen LogP contribution is 2.32. The summed E-state index contributed by atoms with van der Waals surface area (Å²) in [7, 11) is 0. The average molecular weight is 416 g/mol. The maximum Gasteiger partial charge on any atom is 0.231 e. The monoisotopic (exact) mass is 416 g/mol. The van der Waals surface area contributed by atoms with Crippen LogP contribution in [0.2, 0.25) is 0 Å². The lowest BCUT2D eigenvalue weighted by molar-refractivity contribution is -0.125. The van der Waals surface area contributed by atoms with Crippen LogP contribution in [0.4, 0.5) is 5.95 Å². The molecule has 0 aliphatic carbocycles. The van der Waals surface area contributed by atoms with Gasteiger partial charge in [-0.2, -0.15) is 0 Å². The zero-order valence-corrected chi connectivity index (χ0v) is 17.2. The van der Waals surface area contributed by atoms with E-state index in [1.165, 1.54) is 0 Å². The van der Waals surface area contributed by atoms with E-state index in [2.05, 4.69) is 20.2 Å². The van der Waals surface area contributed by atoms with E-state index in [0.717, 1.165) is 60.1 Å². The van der Waals surface area contributed by atoms with Crippen molar-refractivity contribution in [3.05, 3.63) is 66.5 Å². The van der Waals surface area contributed by atoms with Crippen molar-refractivity contribution in [2.24, 2.45) is 5.92 Å². The van der Waals surface area contributed by atoms with Gasteiger partial charge in [-0.3, -0.25) is 4.79 Å². The Morgan fingerprint density at radius 2 is 1.71 bits per heavy atom. The molecule has 5 rings (SSSR count). The highest BCUT2D eigenvalue weighted by molar-refractivity contribution is 5.79. The van der Waals surface area contributed by atoms with Crippen LogP contribution in [-0.4, -0.2) is 35.8 Å².